The predicted octanol–water partition coefficient (Wildman–Crippen LogP) is 2.45. The lowest BCUT2D eigenvalue weighted by molar-refractivity contribution is -0.275. The highest BCUT2D eigenvalue weighted by atomic mass is 19.4. The Labute approximate surface area is 149 Å². The first-order valence-electron chi connectivity index (χ1n) is 7.14. The second-order valence-electron chi connectivity index (χ2n) is 5.02. The number of hydrogen-bond acceptors (Lipinski definition) is 6. The Morgan fingerprint density at radius 3 is 2.33 bits per heavy atom. The van der Waals surface area contributed by atoms with Crippen LogP contribution < -0.4 is 26.5 Å². The molecule has 0 aliphatic carbocycles. The predicted molar refractivity (Wildman–Crippen MR) is 85.3 cm³/mol. The van der Waals surface area contributed by atoms with Crippen molar-refractivity contribution in [3.8, 4) is 22.6 Å². The number of carboxylic acids is 1. The van der Waals surface area contributed by atoms with Crippen LogP contribution in [-0.4, -0.2) is 17.4 Å². The molecule has 0 spiro atoms. The van der Waals surface area contributed by atoms with Gasteiger partial charge in [-0.3, -0.25) is 5.43 Å². The van der Waals surface area contributed by atoms with Crippen molar-refractivity contribution in [2.24, 2.45) is 11.6 Å². The zero-order chi connectivity index (χ0) is 20.2. The van der Waals surface area contributed by atoms with E-state index in [9.17, 15) is 22.4 Å². The van der Waals surface area contributed by atoms with Crippen LogP contribution in [0.15, 0.2) is 54.0 Å². The molecule has 0 radical (unpaired) electrons. The molecule has 0 aliphatic heterocycles. The van der Waals surface area contributed by atoms with Gasteiger partial charge < -0.3 is 20.3 Å². The van der Waals surface area contributed by atoms with Gasteiger partial charge in [-0.05, 0) is 35.4 Å². The molecule has 0 atom stereocenters. The molecule has 0 fully saturated rings. The van der Waals surface area contributed by atoms with Crippen LogP contribution in [0.5, 0.6) is 11.5 Å². The molecule has 0 unspecified atom stereocenters. The van der Waals surface area contributed by atoms with Gasteiger partial charge in [0.2, 0.25) is 5.88 Å². The number of aliphatic carboxylic acids is 1. The van der Waals surface area contributed by atoms with Gasteiger partial charge in [0, 0.05) is 0 Å². The third-order valence-corrected chi connectivity index (χ3v) is 3.15. The molecular formula is C16H13F4N3O4. The number of nitrogens with two attached hydrogens (primary N) is 2. The molecule has 0 bridgehead atoms. The van der Waals surface area contributed by atoms with E-state index in [1.165, 1.54) is 30.3 Å². The fourth-order valence-corrected chi connectivity index (χ4v) is 2.00. The quantitative estimate of drug-likeness (QED) is 0.198. The van der Waals surface area contributed by atoms with Crippen LogP contribution in [0.1, 0.15) is 0 Å². The van der Waals surface area contributed by atoms with Crippen molar-refractivity contribution in [2.45, 2.75) is 6.36 Å². The number of ether oxygens (including phenoxy) is 2. The molecule has 11 heteroatoms. The van der Waals surface area contributed by atoms with Gasteiger partial charge in [-0.15, -0.1) is 13.2 Å². The molecule has 0 aromatic heterocycles. The van der Waals surface area contributed by atoms with Crippen LogP contribution in [0, 0.1) is 5.82 Å². The summed E-state index contributed by atoms with van der Waals surface area (Å²) in [6.07, 6.45) is -5.02. The minimum atomic E-state index is -5.02. The van der Waals surface area contributed by atoms with Crippen LogP contribution in [-0.2, 0) is 4.79 Å². The lowest BCUT2D eigenvalue weighted by Gasteiger charge is -2.13. The molecule has 7 nitrogen and oxygen atoms in total. The smallest absolute Gasteiger partial charge is 0.476 e. The van der Waals surface area contributed by atoms with Crippen LogP contribution in [0.4, 0.5) is 17.6 Å². The Balaban J connectivity index is 2.31. The van der Waals surface area contributed by atoms with Gasteiger partial charge in [-0.25, -0.2) is 15.0 Å². The highest BCUT2D eigenvalue weighted by Gasteiger charge is 2.32. The normalized spacial score (nSPS) is 12.2. The standard InChI is InChI=1S/C16H13F4N3O4/c17-11-7-9(4-5-12(11)27-16(18,19)20)8-2-1-3-10(6-8)26-14(23-22)13(21)15(24)25/h1-7,23H,21-22H2,(H,24,25)/b14-13+. The summed E-state index contributed by atoms with van der Waals surface area (Å²) < 4.78 is 59.2. The van der Waals surface area contributed by atoms with Gasteiger partial charge in [0.1, 0.15) is 5.75 Å². The van der Waals surface area contributed by atoms with Gasteiger partial charge in [0.25, 0.3) is 0 Å². The van der Waals surface area contributed by atoms with Crippen LogP contribution >= 0.6 is 0 Å². The number of halogens is 4. The topological polar surface area (TPSA) is 120 Å². The van der Waals surface area contributed by atoms with E-state index in [0.29, 0.717) is 5.56 Å². The van der Waals surface area contributed by atoms with Crippen molar-refractivity contribution < 1.29 is 36.9 Å². The lowest BCUT2D eigenvalue weighted by Crippen LogP contribution is -2.31. The average molecular weight is 387 g/mol. The van der Waals surface area contributed by atoms with E-state index in [-0.39, 0.29) is 11.3 Å². The minimum Gasteiger partial charge on any atom is -0.476 e. The first kappa shape index (κ1) is 19.8. The van der Waals surface area contributed by atoms with Crippen LogP contribution in [0.3, 0.4) is 0 Å². The maximum atomic E-state index is 13.9. The third-order valence-electron chi connectivity index (χ3n) is 3.15. The lowest BCUT2D eigenvalue weighted by atomic mass is 10.1. The molecule has 27 heavy (non-hydrogen) atoms. The molecule has 2 aromatic rings. The molecule has 0 heterocycles. The fraction of sp³-hybridized carbons (Fsp3) is 0.0625. The average Bonchev–Trinajstić information content (AvgIpc) is 2.60. The first-order chi connectivity index (χ1) is 12.6. The van der Waals surface area contributed by atoms with Crippen molar-refractivity contribution in [3.63, 3.8) is 0 Å². The second kappa shape index (κ2) is 7.83. The largest absolute Gasteiger partial charge is 0.573 e. The van der Waals surface area contributed by atoms with E-state index in [1.54, 1.807) is 0 Å². The van der Waals surface area contributed by atoms with E-state index in [2.05, 4.69) is 4.74 Å². The number of hydrogen-bond donors (Lipinski definition) is 4. The first-order valence-corrected chi connectivity index (χ1v) is 7.14. The van der Waals surface area contributed by atoms with Crippen molar-refractivity contribution in [1.82, 2.24) is 5.43 Å². The monoisotopic (exact) mass is 387 g/mol. The summed E-state index contributed by atoms with van der Waals surface area (Å²) in [5.74, 6) is 1.18. The molecule has 0 amide bonds. The number of carbonyl (C=O) groups is 1. The number of nitrogens with one attached hydrogen (secondary N) is 1. The van der Waals surface area contributed by atoms with E-state index < -0.39 is 35.5 Å². The Morgan fingerprint density at radius 2 is 1.78 bits per heavy atom. The Hall–Kier alpha value is -3.47. The molecule has 6 N–H and O–H groups in total. The zero-order valence-corrected chi connectivity index (χ0v) is 13.4. The summed E-state index contributed by atoms with van der Waals surface area (Å²) in [6.45, 7) is 0. The molecule has 0 aliphatic rings. The molecule has 0 saturated carbocycles. The summed E-state index contributed by atoms with van der Waals surface area (Å²) >= 11 is 0. The van der Waals surface area contributed by atoms with E-state index in [1.807, 2.05) is 5.43 Å². The number of rotatable bonds is 6. The fourth-order valence-electron chi connectivity index (χ4n) is 2.00. The van der Waals surface area contributed by atoms with Gasteiger partial charge in [0.15, 0.2) is 17.3 Å². The van der Waals surface area contributed by atoms with Crippen molar-refractivity contribution in [1.29, 1.82) is 0 Å². The molecule has 2 rings (SSSR count). The van der Waals surface area contributed by atoms with E-state index in [4.69, 9.17) is 21.4 Å². The van der Waals surface area contributed by atoms with Crippen molar-refractivity contribution >= 4 is 5.97 Å². The van der Waals surface area contributed by atoms with Crippen molar-refractivity contribution in [2.75, 3.05) is 0 Å². The number of carboxylic acid groups (broad SMARTS) is 1. The van der Waals surface area contributed by atoms with Gasteiger partial charge >= 0.3 is 12.3 Å². The Bertz CT molecular complexity index is 884. The minimum absolute atomic E-state index is 0.0978. The van der Waals surface area contributed by atoms with E-state index >= 15 is 0 Å². The Morgan fingerprint density at radius 1 is 1.11 bits per heavy atom. The Kier molecular flexibility index (Phi) is 5.75. The van der Waals surface area contributed by atoms with Crippen molar-refractivity contribution in [3.05, 3.63) is 59.9 Å². The number of hydrazine groups is 1. The number of alkyl halides is 3. The SMILES string of the molecule is NN/C(Oc1cccc(-c2ccc(OC(F)(F)F)c(F)c2)c1)=C(\N)C(=O)O. The molecular weight excluding hydrogens is 374 g/mol. The van der Waals surface area contributed by atoms with Gasteiger partial charge in [-0.2, -0.15) is 0 Å². The maximum absolute atomic E-state index is 13.9. The van der Waals surface area contributed by atoms with Crippen LogP contribution in [0.2, 0.25) is 0 Å². The third kappa shape index (κ3) is 5.25. The van der Waals surface area contributed by atoms with E-state index in [0.717, 1.165) is 12.1 Å². The number of benzene rings is 2. The highest BCUT2D eigenvalue weighted by molar-refractivity contribution is 5.85. The molecule has 0 saturated heterocycles. The van der Waals surface area contributed by atoms with Gasteiger partial charge in [-0.1, -0.05) is 18.2 Å². The maximum Gasteiger partial charge on any atom is 0.573 e. The summed E-state index contributed by atoms with van der Waals surface area (Å²) in [6, 6.07) is 8.75. The van der Waals surface area contributed by atoms with Gasteiger partial charge in [0.05, 0.1) is 0 Å². The highest BCUT2D eigenvalue weighted by Crippen LogP contribution is 2.31. The summed E-state index contributed by atoms with van der Waals surface area (Å²) in [4.78, 5) is 10.9. The summed E-state index contributed by atoms with van der Waals surface area (Å²) in [7, 11) is 0. The molecule has 2 aromatic carbocycles. The zero-order valence-electron chi connectivity index (χ0n) is 13.4. The molecule has 144 valence electrons. The second-order valence-corrected chi connectivity index (χ2v) is 5.02. The summed E-state index contributed by atoms with van der Waals surface area (Å²) in [5.41, 5.74) is 7.23. The summed E-state index contributed by atoms with van der Waals surface area (Å²) in [5, 5.41) is 8.84. The van der Waals surface area contributed by atoms with Crippen LogP contribution in [0.25, 0.3) is 11.1 Å².